The number of rotatable bonds is 5. The highest BCUT2D eigenvalue weighted by molar-refractivity contribution is 5.98. The molecule has 0 radical (unpaired) electrons. The zero-order valence-corrected chi connectivity index (χ0v) is 14.3. The zero-order valence-electron chi connectivity index (χ0n) is 14.3. The summed E-state index contributed by atoms with van der Waals surface area (Å²) in [7, 11) is 1.78. The van der Waals surface area contributed by atoms with Crippen molar-refractivity contribution >= 4 is 11.8 Å². The second kappa shape index (κ2) is 8.65. The largest absolute Gasteiger partial charge is 0.340 e. The fraction of sp³-hybridized carbons (Fsp3) is 0.611. The van der Waals surface area contributed by atoms with Crippen molar-refractivity contribution in [2.24, 2.45) is 0 Å². The number of carbonyl (C=O) groups is 2. The molecule has 0 atom stereocenters. The Kier molecular flexibility index (Phi) is 6.56. The highest BCUT2D eigenvalue weighted by Gasteiger charge is 2.20. The van der Waals surface area contributed by atoms with Gasteiger partial charge in [0.1, 0.15) is 5.69 Å². The van der Waals surface area contributed by atoms with Gasteiger partial charge in [-0.05, 0) is 31.4 Å². The van der Waals surface area contributed by atoms with E-state index in [2.05, 4.69) is 11.9 Å². The van der Waals surface area contributed by atoms with Crippen molar-refractivity contribution in [2.75, 3.05) is 26.7 Å². The van der Waals surface area contributed by atoms with Crippen LogP contribution in [0.3, 0.4) is 0 Å². The molecule has 2 heterocycles. The van der Waals surface area contributed by atoms with Crippen LogP contribution in [0, 0.1) is 0 Å². The first-order valence-electron chi connectivity index (χ1n) is 8.64. The van der Waals surface area contributed by atoms with E-state index < -0.39 is 0 Å². The van der Waals surface area contributed by atoms with E-state index >= 15 is 0 Å². The fourth-order valence-electron chi connectivity index (χ4n) is 2.83. The lowest BCUT2D eigenvalue weighted by Gasteiger charge is -2.21. The molecule has 1 aliphatic rings. The highest BCUT2D eigenvalue weighted by atomic mass is 16.2. The number of carbonyl (C=O) groups excluding carboxylic acids is 2. The quantitative estimate of drug-likeness (QED) is 0.839. The van der Waals surface area contributed by atoms with Gasteiger partial charge in [0.25, 0.3) is 11.8 Å². The van der Waals surface area contributed by atoms with E-state index in [0.717, 1.165) is 38.8 Å². The van der Waals surface area contributed by atoms with Crippen molar-refractivity contribution in [3.63, 3.8) is 0 Å². The van der Waals surface area contributed by atoms with Gasteiger partial charge >= 0.3 is 0 Å². The summed E-state index contributed by atoms with van der Waals surface area (Å²) in [4.78, 5) is 32.8. The summed E-state index contributed by atoms with van der Waals surface area (Å²) >= 11 is 0. The molecule has 0 spiro atoms. The third-order valence-electron chi connectivity index (χ3n) is 4.31. The van der Waals surface area contributed by atoms with Crippen LogP contribution in [0.4, 0.5) is 0 Å². The van der Waals surface area contributed by atoms with Gasteiger partial charge in [0, 0.05) is 38.4 Å². The predicted octanol–water partition coefficient (Wildman–Crippen LogP) is 2.97. The molecular weight excluding hydrogens is 290 g/mol. The number of amides is 2. The van der Waals surface area contributed by atoms with Gasteiger partial charge in [0.15, 0.2) is 0 Å². The summed E-state index contributed by atoms with van der Waals surface area (Å²) in [5.41, 5.74) is 0.915. The lowest BCUT2D eigenvalue weighted by molar-refractivity contribution is 0.0761. The van der Waals surface area contributed by atoms with E-state index in [1.54, 1.807) is 30.3 Å². The molecule has 0 aliphatic carbocycles. The Morgan fingerprint density at radius 1 is 1.22 bits per heavy atom. The summed E-state index contributed by atoms with van der Waals surface area (Å²) in [5.74, 6) is -0.108. The minimum absolute atomic E-state index is 0.0135. The molecule has 2 amide bonds. The van der Waals surface area contributed by atoms with Crippen molar-refractivity contribution in [1.29, 1.82) is 0 Å². The maximum Gasteiger partial charge on any atom is 0.272 e. The minimum Gasteiger partial charge on any atom is -0.340 e. The number of aromatic nitrogens is 1. The first-order chi connectivity index (χ1) is 11.1. The normalized spacial score (nSPS) is 15.1. The van der Waals surface area contributed by atoms with E-state index in [9.17, 15) is 9.59 Å². The van der Waals surface area contributed by atoms with Crippen molar-refractivity contribution in [3.05, 3.63) is 29.6 Å². The summed E-state index contributed by atoms with van der Waals surface area (Å²) in [6.45, 7) is 4.42. The van der Waals surface area contributed by atoms with Gasteiger partial charge < -0.3 is 9.80 Å². The van der Waals surface area contributed by atoms with Gasteiger partial charge in [0.05, 0.1) is 0 Å². The molecule has 23 heavy (non-hydrogen) atoms. The second-order valence-corrected chi connectivity index (χ2v) is 6.22. The molecular formula is C18H27N3O2. The number of unbranched alkanes of at least 4 members (excludes halogenated alkanes) is 1. The molecule has 5 heteroatoms. The smallest absolute Gasteiger partial charge is 0.272 e. The third kappa shape index (κ3) is 4.78. The SMILES string of the molecule is CCCCN(C)C(=O)c1cc(C(=O)N2CCCCCC2)ccn1. The molecule has 1 aliphatic heterocycles. The Morgan fingerprint density at radius 3 is 2.57 bits per heavy atom. The second-order valence-electron chi connectivity index (χ2n) is 6.22. The van der Waals surface area contributed by atoms with Crippen LogP contribution in [0.1, 0.15) is 66.3 Å². The number of nitrogens with zero attached hydrogens (tertiary/aromatic N) is 3. The van der Waals surface area contributed by atoms with Crippen LogP contribution in [0.15, 0.2) is 18.3 Å². The van der Waals surface area contributed by atoms with Gasteiger partial charge in [-0.25, -0.2) is 0 Å². The first kappa shape index (κ1) is 17.4. The predicted molar refractivity (Wildman–Crippen MR) is 90.5 cm³/mol. The highest BCUT2D eigenvalue weighted by Crippen LogP contribution is 2.14. The summed E-state index contributed by atoms with van der Waals surface area (Å²) < 4.78 is 0. The molecule has 0 N–H and O–H groups in total. The lowest BCUT2D eigenvalue weighted by atomic mass is 10.2. The van der Waals surface area contributed by atoms with Crippen molar-refractivity contribution in [3.8, 4) is 0 Å². The summed E-state index contributed by atoms with van der Waals surface area (Å²) in [6, 6.07) is 3.34. The topological polar surface area (TPSA) is 53.5 Å². The van der Waals surface area contributed by atoms with Crippen LogP contribution in [-0.4, -0.2) is 53.3 Å². The Morgan fingerprint density at radius 2 is 1.91 bits per heavy atom. The number of hydrogen-bond donors (Lipinski definition) is 0. The zero-order chi connectivity index (χ0) is 16.7. The number of likely N-dealkylation sites (tertiary alicyclic amines) is 1. The number of hydrogen-bond acceptors (Lipinski definition) is 3. The van der Waals surface area contributed by atoms with Crippen LogP contribution in [0.2, 0.25) is 0 Å². The van der Waals surface area contributed by atoms with Crippen LogP contribution >= 0.6 is 0 Å². The van der Waals surface area contributed by atoms with Gasteiger partial charge in [0.2, 0.25) is 0 Å². The van der Waals surface area contributed by atoms with Crippen LogP contribution in [0.25, 0.3) is 0 Å². The maximum absolute atomic E-state index is 12.6. The summed E-state index contributed by atoms with van der Waals surface area (Å²) in [6.07, 6.45) is 8.06. The van der Waals surface area contributed by atoms with Gasteiger partial charge in [-0.1, -0.05) is 26.2 Å². The standard InChI is InChI=1S/C18H27N3O2/c1-3-4-11-20(2)18(23)16-14-15(9-10-19-16)17(22)21-12-7-5-6-8-13-21/h9-10,14H,3-8,11-13H2,1-2H3. The molecule has 5 nitrogen and oxygen atoms in total. The first-order valence-corrected chi connectivity index (χ1v) is 8.64. The molecule has 1 saturated heterocycles. The van der Waals surface area contributed by atoms with E-state index in [1.807, 2.05) is 4.90 Å². The number of pyridine rings is 1. The molecule has 1 aromatic heterocycles. The Hall–Kier alpha value is -1.91. The molecule has 126 valence electrons. The van der Waals surface area contributed by atoms with E-state index in [1.165, 1.54) is 12.8 Å². The van der Waals surface area contributed by atoms with Crippen molar-refractivity contribution in [2.45, 2.75) is 45.4 Å². The van der Waals surface area contributed by atoms with E-state index in [4.69, 9.17) is 0 Å². The monoisotopic (exact) mass is 317 g/mol. The molecule has 2 rings (SSSR count). The Labute approximate surface area is 138 Å². The molecule has 0 saturated carbocycles. The minimum atomic E-state index is -0.121. The molecule has 0 unspecified atom stereocenters. The molecule has 1 fully saturated rings. The molecule has 1 aromatic rings. The Balaban J connectivity index is 2.09. The average molecular weight is 317 g/mol. The third-order valence-corrected chi connectivity index (χ3v) is 4.31. The van der Waals surface area contributed by atoms with Crippen LogP contribution in [-0.2, 0) is 0 Å². The molecule has 0 bridgehead atoms. The Bertz CT molecular complexity index is 537. The lowest BCUT2D eigenvalue weighted by Crippen LogP contribution is -2.32. The average Bonchev–Trinajstić information content (AvgIpc) is 2.87. The van der Waals surface area contributed by atoms with Crippen molar-refractivity contribution in [1.82, 2.24) is 14.8 Å². The summed E-state index contributed by atoms with van der Waals surface area (Å²) in [5, 5.41) is 0. The van der Waals surface area contributed by atoms with Gasteiger partial charge in [-0.15, -0.1) is 0 Å². The fourth-order valence-corrected chi connectivity index (χ4v) is 2.83. The van der Waals surface area contributed by atoms with Gasteiger partial charge in [-0.2, -0.15) is 0 Å². The van der Waals surface area contributed by atoms with E-state index in [-0.39, 0.29) is 11.8 Å². The van der Waals surface area contributed by atoms with Crippen LogP contribution < -0.4 is 0 Å². The maximum atomic E-state index is 12.6. The molecule has 0 aromatic carbocycles. The van der Waals surface area contributed by atoms with Gasteiger partial charge in [-0.3, -0.25) is 14.6 Å². The van der Waals surface area contributed by atoms with Crippen molar-refractivity contribution < 1.29 is 9.59 Å². The van der Waals surface area contributed by atoms with E-state index in [0.29, 0.717) is 17.8 Å². The van der Waals surface area contributed by atoms with Crippen LogP contribution in [0.5, 0.6) is 0 Å².